The number of hydrogen-bond donors (Lipinski definition) is 1. The van der Waals surface area contributed by atoms with Gasteiger partial charge < -0.3 is 4.74 Å². The molecular formula is C14H25FN2O3. The molecule has 1 saturated heterocycles. The fraction of sp³-hybridized carbons (Fsp3) is 0.857. The molecule has 0 aromatic heterocycles. The van der Waals surface area contributed by atoms with Crippen molar-refractivity contribution in [3.05, 3.63) is 0 Å². The molecule has 5 nitrogen and oxygen atoms in total. The maximum absolute atomic E-state index is 13.8. The average molecular weight is 288 g/mol. The van der Waals surface area contributed by atoms with Gasteiger partial charge in [-0.25, -0.2) is 9.18 Å². The second-order valence-corrected chi connectivity index (χ2v) is 5.01. The highest BCUT2D eigenvalue weighted by Crippen LogP contribution is 2.16. The van der Waals surface area contributed by atoms with E-state index in [1.807, 2.05) is 5.32 Å². The second kappa shape index (κ2) is 8.89. The molecular weight excluding hydrogens is 263 g/mol. The van der Waals surface area contributed by atoms with Crippen LogP contribution in [0.5, 0.6) is 0 Å². The minimum atomic E-state index is -1.81. The number of hydrogen-bond acceptors (Lipinski definition) is 3. The molecule has 6 heteroatoms. The van der Waals surface area contributed by atoms with Gasteiger partial charge >= 0.3 is 6.03 Å². The zero-order chi connectivity index (χ0) is 15.0. The summed E-state index contributed by atoms with van der Waals surface area (Å²) in [7, 11) is 0. The summed E-state index contributed by atoms with van der Waals surface area (Å²) < 4.78 is 19.2. The summed E-state index contributed by atoms with van der Waals surface area (Å²) in [6, 6.07) is -0.584. The van der Waals surface area contributed by atoms with Crippen LogP contribution >= 0.6 is 0 Å². The van der Waals surface area contributed by atoms with Crippen molar-refractivity contribution in [1.82, 2.24) is 10.2 Å². The Labute approximate surface area is 119 Å². The van der Waals surface area contributed by atoms with Crippen molar-refractivity contribution in [2.75, 3.05) is 13.2 Å². The molecule has 0 aliphatic carbocycles. The van der Waals surface area contributed by atoms with Gasteiger partial charge in [-0.2, -0.15) is 0 Å². The Morgan fingerprint density at radius 3 is 2.45 bits per heavy atom. The Kier molecular flexibility index (Phi) is 7.51. The zero-order valence-electron chi connectivity index (χ0n) is 12.4. The van der Waals surface area contributed by atoms with Crippen molar-refractivity contribution in [1.29, 1.82) is 0 Å². The van der Waals surface area contributed by atoms with E-state index in [9.17, 15) is 14.0 Å². The number of nitrogens with zero attached hydrogens (tertiary/aromatic N) is 1. The van der Waals surface area contributed by atoms with Gasteiger partial charge in [0, 0.05) is 13.2 Å². The minimum Gasteiger partial charge on any atom is -0.355 e. The zero-order valence-corrected chi connectivity index (χ0v) is 12.4. The highest BCUT2D eigenvalue weighted by molar-refractivity contribution is 5.99. The van der Waals surface area contributed by atoms with E-state index in [2.05, 4.69) is 6.92 Å². The van der Waals surface area contributed by atoms with Gasteiger partial charge in [0.05, 0.1) is 0 Å². The van der Waals surface area contributed by atoms with Crippen LogP contribution in [0.15, 0.2) is 0 Å². The van der Waals surface area contributed by atoms with Crippen LogP contribution in [0.2, 0.25) is 0 Å². The van der Waals surface area contributed by atoms with Crippen molar-refractivity contribution < 1.29 is 18.7 Å². The monoisotopic (exact) mass is 288 g/mol. The number of ether oxygens (including phenoxy) is 1. The highest BCUT2D eigenvalue weighted by atomic mass is 19.1. The molecule has 0 aromatic rings. The normalized spacial score (nSPS) is 23.1. The van der Waals surface area contributed by atoms with E-state index in [0.717, 1.165) is 19.3 Å². The quantitative estimate of drug-likeness (QED) is 0.663. The Morgan fingerprint density at radius 1 is 1.15 bits per heavy atom. The Bertz CT molecular complexity index is 326. The molecule has 20 heavy (non-hydrogen) atoms. The van der Waals surface area contributed by atoms with Gasteiger partial charge in [0.25, 0.3) is 5.91 Å². The van der Waals surface area contributed by atoms with E-state index in [1.165, 1.54) is 24.2 Å². The number of imide groups is 1. The lowest BCUT2D eigenvalue weighted by Gasteiger charge is -2.35. The maximum atomic E-state index is 13.8. The van der Waals surface area contributed by atoms with Crippen molar-refractivity contribution in [2.45, 2.75) is 64.8 Å². The third-order valence-electron chi connectivity index (χ3n) is 3.43. The van der Waals surface area contributed by atoms with Gasteiger partial charge in [-0.15, -0.1) is 0 Å². The molecule has 1 heterocycles. The number of unbranched alkanes of at least 4 members (excludes halogenated alkanes) is 5. The molecule has 1 aliphatic rings. The Morgan fingerprint density at radius 2 is 1.80 bits per heavy atom. The van der Waals surface area contributed by atoms with Crippen molar-refractivity contribution in [3.63, 3.8) is 0 Å². The van der Waals surface area contributed by atoms with Crippen LogP contribution in [-0.2, 0) is 9.53 Å². The predicted molar refractivity (Wildman–Crippen MR) is 73.9 cm³/mol. The summed E-state index contributed by atoms with van der Waals surface area (Å²) in [5, 5.41) is 1.98. The number of carbonyl (C=O) groups is 2. The lowest BCUT2D eigenvalue weighted by atomic mass is 10.1. The van der Waals surface area contributed by atoms with E-state index in [0.29, 0.717) is 13.2 Å². The summed E-state index contributed by atoms with van der Waals surface area (Å²) in [5.41, 5.74) is 0. The predicted octanol–water partition coefficient (Wildman–Crippen LogP) is 2.60. The molecule has 0 bridgehead atoms. The lowest BCUT2D eigenvalue weighted by Crippen LogP contribution is -2.62. The van der Waals surface area contributed by atoms with E-state index < -0.39 is 24.3 Å². The van der Waals surface area contributed by atoms with E-state index in [-0.39, 0.29) is 0 Å². The van der Waals surface area contributed by atoms with E-state index >= 15 is 0 Å². The summed E-state index contributed by atoms with van der Waals surface area (Å²) >= 11 is 0. The first-order valence-electron chi connectivity index (χ1n) is 7.49. The van der Waals surface area contributed by atoms with Gasteiger partial charge in [0.15, 0.2) is 6.23 Å². The van der Waals surface area contributed by atoms with Gasteiger partial charge in [-0.05, 0) is 13.3 Å². The van der Waals surface area contributed by atoms with Crippen LogP contribution in [0.25, 0.3) is 0 Å². The number of amides is 3. The SMILES string of the molecule is CCCCCCCCOC1C(F)C(=O)NC(=O)N1CC. The summed E-state index contributed by atoms with van der Waals surface area (Å²) in [5.74, 6) is -0.910. The smallest absolute Gasteiger partial charge is 0.326 e. The molecule has 0 spiro atoms. The van der Waals surface area contributed by atoms with E-state index in [1.54, 1.807) is 6.92 Å². The second-order valence-electron chi connectivity index (χ2n) is 5.01. The van der Waals surface area contributed by atoms with Crippen molar-refractivity contribution in [3.8, 4) is 0 Å². The number of alkyl halides is 1. The number of halogens is 1. The van der Waals surface area contributed by atoms with E-state index in [4.69, 9.17) is 4.74 Å². The van der Waals surface area contributed by atoms with Crippen LogP contribution in [0.4, 0.5) is 9.18 Å². The fourth-order valence-electron chi connectivity index (χ4n) is 2.23. The van der Waals surface area contributed by atoms with Gasteiger partial charge in [-0.1, -0.05) is 39.0 Å². The molecule has 0 saturated carbocycles. The molecule has 1 N–H and O–H groups in total. The number of carbonyl (C=O) groups excluding carboxylic acids is 2. The standard InChI is InChI=1S/C14H25FN2O3/c1-3-5-6-7-8-9-10-20-13-11(15)12(18)16-14(19)17(13)4-2/h11,13H,3-10H2,1-2H3,(H,16,18,19). The van der Waals surface area contributed by atoms with Gasteiger partial charge in [0.2, 0.25) is 6.17 Å². The minimum absolute atomic E-state index is 0.306. The summed E-state index contributed by atoms with van der Waals surface area (Å²) in [6.07, 6.45) is 3.71. The van der Waals surface area contributed by atoms with Crippen LogP contribution in [0.3, 0.4) is 0 Å². The first-order chi connectivity index (χ1) is 9.61. The first-order valence-corrected chi connectivity index (χ1v) is 7.49. The molecule has 3 amide bonds. The molecule has 116 valence electrons. The summed E-state index contributed by atoms with van der Waals surface area (Å²) in [4.78, 5) is 24.0. The topological polar surface area (TPSA) is 58.6 Å². The third kappa shape index (κ3) is 4.74. The molecule has 2 unspecified atom stereocenters. The number of urea groups is 1. The number of nitrogens with one attached hydrogen (secondary N) is 1. The summed E-state index contributed by atoms with van der Waals surface area (Å²) in [6.45, 7) is 4.56. The van der Waals surface area contributed by atoms with Crippen LogP contribution in [0, 0.1) is 0 Å². The Hall–Kier alpha value is -1.17. The van der Waals surface area contributed by atoms with Crippen molar-refractivity contribution in [2.24, 2.45) is 0 Å². The molecule has 2 atom stereocenters. The van der Waals surface area contributed by atoms with Gasteiger partial charge in [-0.3, -0.25) is 15.0 Å². The molecule has 1 rings (SSSR count). The first kappa shape index (κ1) is 16.9. The maximum Gasteiger partial charge on any atom is 0.326 e. The van der Waals surface area contributed by atoms with Crippen molar-refractivity contribution >= 4 is 11.9 Å². The number of rotatable bonds is 9. The highest BCUT2D eigenvalue weighted by Gasteiger charge is 2.41. The van der Waals surface area contributed by atoms with Crippen LogP contribution in [0.1, 0.15) is 52.4 Å². The van der Waals surface area contributed by atoms with Crippen LogP contribution < -0.4 is 5.32 Å². The molecule has 0 aromatic carbocycles. The lowest BCUT2D eigenvalue weighted by molar-refractivity contribution is -0.145. The Balaban J connectivity index is 2.31. The molecule has 0 radical (unpaired) electrons. The molecule has 1 fully saturated rings. The largest absolute Gasteiger partial charge is 0.355 e. The average Bonchev–Trinajstić information content (AvgIpc) is 2.43. The fourth-order valence-corrected chi connectivity index (χ4v) is 2.23. The van der Waals surface area contributed by atoms with Gasteiger partial charge in [0.1, 0.15) is 0 Å². The molecule has 1 aliphatic heterocycles. The van der Waals surface area contributed by atoms with Crippen LogP contribution in [-0.4, -0.2) is 42.4 Å². The third-order valence-corrected chi connectivity index (χ3v) is 3.43.